The molecule has 0 radical (unpaired) electrons. The van der Waals surface area contributed by atoms with E-state index in [-0.39, 0.29) is 18.4 Å². The van der Waals surface area contributed by atoms with E-state index in [2.05, 4.69) is 5.32 Å². The predicted octanol–water partition coefficient (Wildman–Crippen LogP) is 4.12. The van der Waals surface area contributed by atoms with Crippen molar-refractivity contribution in [1.29, 1.82) is 0 Å². The lowest BCUT2D eigenvalue weighted by Gasteiger charge is -2.35. The van der Waals surface area contributed by atoms with Crippen molar-refractivity contribution in [2.24, 2.45) is 5.92 Å². The lowest BCUT2D eigenvalue weighted by atomic mass is 9.98. The first kappa shape index (κ1) is 24.1. The van der Waals surface area contributed by atoms with Gasteiger partial charge in [0.25, 0.3) is 0 Å². The van der Waals surface area contributed by atoms with Crippen LogP contribution in [0.4, 0.5) is 11.4 Å². The van der Waals surface area contributed by atoms with Crippen molar-refractivity contribution in [3.63, 3.8) is 0 Å². The smallest absolute Gasteiger partial charge is 0.304 e. The second-order valence-electron chi connectivity index (χ2n) is 8.08. The summed E-state index contributed by atoms with van der Waals surface area (Å²) in [6, 6.07) is 12.8. The molecule has 1 atom stereocenters. The van der Waals surface area contributed by atoms with Crippen LogP contribution in [-0.4, -0.2) is 44.9 Å². The molecule has 2 aromatic carbocycles. The SMILES string of the molecule is CCOc1ccc(N(CC)S(=O)(=O)N2CCC[C@@H](C(=O)Nc3ccc(C)c(C)c3)C2)cc1. The Balaban J connectivity index is 1.72. The first-order valence-electron chi connectivity index (χ1n) is 11.1. The Kier molecular flexibility index (Phi) is 7.79. The lowest BCUT2D eigenvalue weighted by molar-refractivity contribution is -0.120. The molecule has 3 rings (SSSR count). The van der Waals surface area contributed by atoms with Gasteiger partial charge in [0.1, 0.15) is 5.75 Å². The third-order valence-electron chi connectivity index (χ3n) is 5.86. The first-order valence-corrected chi connectivity index (χ1v) is 12.5. The van der Waals surface area contributed by atoms with E-state index in [1.165, 1.54) is 8.61 Å². The van der Waals surface area contributed by atoms with E-state index in [1.54, 1.807) is 24.3 Å². The minimum atomic E-state index is -3.76. The van der Waals surface area contributed by atoms with Crippen LogP contribution in [0, 0.1) is 19.8 Å². The molecule has 1 N–H and O–H groups in total. The van der Waals surface area contributed by atoms with E-state index in [0.717, 1.165) is 16.8 Å². The van der Waals surface area contributed by atoms with Gasteiger partial charge in [-0.15, -0.1) is 0 Å². The van der Waals surface area contributed by atoms with Crippen molar-refractivity contribution in [1.82, 2.24) is 4.31 Å². The number of carbonyl (C=O) groups excluding carboxylic acids is 1. The van der Waals surface area contributed by atoms with Crippen LogP contribution in [0.15, 0.2) is 42.5 Å². The van der Waals surface area contributed by atoms with Crippen LogP contribution < -0.4 is 14.4 Å². The van der Waals surface area contributed by atoms with Crippen molar-refractivity contribution in [2.75, 3.05) is 35.9 Å². The molecule has 0 saturated carbocycles. The number of piperidine rings is 1. The number of amides is 1. The number of nitrogens with zero attached hydrogens (tertiary/aromatic N) is 2. The van der Waals surface area contributed by atoms with Gasteiger partial charge in [0.2, 0.25) is 5.91 Å². The van der Waals surface area contributed by atoms with Gasteiger partial charge in [-0.05, 0) is 88.1 Å². The maximum absolute atomic E-state index is 13.4. The zero-order chi connectivity index (χ0) is 23.3. The van der Waals surface area contributed by atoms with E-state index in [4.69, 9.17) is 4.74 Å². The van der Waals surface area contributed by atoms with Gasteiger partial charge in [0, 0.05) is 25.3 Å². The average Bonchev–Trinajstić information content (AvgIpc) is 2.78. The highest BCUT2D eigenvalue weighted by Gasteiger charge is 2.35. The number of hydrogen-bond acceptors (Lipinski definition) is 4. The predicted molar refractivity (Wildman–Crippen MR) is 128 cm³/mol. The summed E-state index contributed by atoms with van der Waals surface area (Å²) in [5, 5.41) is 2.96. The Morgan fingerprint density at radius 2 is 1.84 bits per heavy atom. The van der Waals surface area contributed by atoms with Crippen molar-refractivity contribution in [3.8, 4) is 5.75 Å². The monoisotopic (exact) mass is 459 g/mol. The average molecular weight is 460 g/mol. The molecule has 1 amide bonds. The first-order chi connectivity index (χ1) is 15.3. The standard InChI is InChI=1S/C24H33N3O4S/c1-5-27(22-11-13-23(14-12-22)31-6-2)32(29,30)26-15-7-8-20(17-26)24(28)25-21-10-9-18(3)19(4)16-21/h9-14,16,20H,5-8,15,17H2,1-4H3,(H,25,28)/t20-/m1/s1. The molecule has 1 heterocycles. The summed E-state index contributed by atoms with van der Waals surface area (Å²) in [5.74, 6) is 0.169. The molecule has 174 valence electrons. The Morgan fingerprint density at radius 3 is 2.47 bits per heavy atom. The molecule has 0 aromatic heterocycles. The van der Waals surface area contributed by atoms with Gasteiger partial charge in [-0.1, -0.05) is 6.07 Å². The number of benzene rings is 2. The van der Waals surface area contributed by atoms with Gasteiger partial charge in [-0.25, -0.2) is 0 Å². The fraction of sp³-hybridized carbons (Fsp3) is 0.458. The summed E-state index contributed by atoms with van der Waals surface area (Å²) < 4.78 is 35.1. The second kappa shape index (κ2) is 10.4. The highest BCUT2D eigenvalue weighted by Crippen LogP contribution is 2.27. The molecule has 8 heteroatoms. The molecule has 1 fully saturated rings. The molecule has 1 aliphatic rings. The molecule has 1 aliphatic heterocycles. The molecule has 2 aromatic rings. The van der Waals surface area contributed by atoms with Crippen LogP contribution in [0.3, 0.4) is 0 Å². The Bertz CT molecular complexity index is 1040. The minimum Gasteiger partial charge on any atom is -0.494 e. The number of nitrogens with one attached hydrogen (secondary N) is 1. The third kappa shape index (κ3) is 5.42. The molecule has 1 saturated heterocycles. The van der Waals surface area contributed by atoms with Crippen LogP contribution in [0.25, 0.3) is 0 Å². The zero-order valence-corrected chi connectivity index (χ0v) is 20.1. The fourth-order valence-electron chi connectivity index (χ4n) is 3.92. The maximum atomic E-state index is 13.4. The van der Waals surface area contributed by atoms with Gasteiger partial charge < -0.3 is 10.1 Å². The lowest BCUT2D eigenvalue weighted by Crippen LogP contribution is -2.50. The van der Waals surface area contributed by atoms with Gasteiger partial charge >= 0.3 is 10.2 Å². The second-order valence-corrected chi connectivity index (χ2v) is 9.94. The van der Waals surface area contributed by atoms with Crippen LogP contribution in [-0.2, 0) is 15.0 Å². The molecular formula is C24H33N3O4S. The molecule has 0 aliphatic carbocycles. The van der Waals surface area contributed by atoms with Crippen molar-refractivity contribution < 1.29 is 17.9 Å². The summed E-state index contributed by atoms with van der Waals surface area (Å²) in [7, 11) is -3.76. The number of carbonyl (C=O) groups is 1. The van der Waals surface area contributed by atoms with Crippen molar-refractivity contribution >= 4 is 27.5 Å². The number of aryl methyl sites for hydroxylation is 2. The van der Waals surface area contributed by atoms with Crippen molar-refractivity contribution in [2.45, 2.75) is 40.5 Å². The van der Waals surface area contributed by atoms with Gasteiger partial charge in [0.05, 0.1) is 18.2 Å². The quantitative estimate of drug-likeness (QED) is 0.644. The minimum absolute atomic E-state index is 0.141. The van der Waals surface area contributed by atoms with E-state index >= 15 is 0 Å². The summed E-state index contributed by atoms with van der Waals surface area (Å²) in [6.07, 6.45) is 1.31. The summed E-state index contributed by atoms with van der Waals surface area (Å²) in [4.78, 5) is 12.9. The van der Waals surface area contributed by atoms with Crippen LogP contribution >= 0.6 is 0 Å². The van der Waals surface area contributed by atoms with Gasteiger partial charge in [0.15, 0.2) is 0 Å². The van der Waals surface area contributed by atoms with E-state index in [9.17, 15) is 13.2 Å². The number of anilines is 2. The Morgan fingerprint density at radius 1 is 1.12 bits per heavy atom. The highest BCUT2D eigenvalue weighted by atomic mass is 32.2. The Labute approximate surface area is 191 Å². The summed E-state index contributed by atoms with van der Waals surface area (Å²) in [5.41, 5.74) is 3.58. The van der Waals surface area contributed by atoms with Gasteiger partial charge in [-0.2, -0.15) is 12.7 Å². The van der Waals surface area contributed by atoms with Crippen LogP contribution in [0.1, 0.15) is 37.8 Å². The summed E-state index contributed by atoms with van der Waals surface area (Å²) >= 11 is 0. The molecular weight excluding hydrogens is 426 g/mol. The van der Waals surface area contributed by atoms with Crippen LogP contribution in [0.5, 0.6) is 5.75 Å². The Hall–Kier alpha value is -2.58. The van der Waals surface area contributed by atoms with Gasteiger partial charge in [-0.3, -0.25) is 9.10 Å². The topological polar surface area (TPSA) is 79.0 Å². The van der Waals surface area contributed by atoms with E-state index < -0.39 is 10.2 Å². The molecule has 7 nitrogen and oxygen atoms in total. The number of hydrogen-bond donors (Lipinski definition) is 1. The normalized spacial score (nSPS) is 17.1. The van der Waals surface area contributed by atoms with Crippen molar-refractivity contribution in [3.05, 3.63) is 53.6 Å². The molecule has 0 unspecified atom stereocenters. The molecule has 0 spiro atoms. The molecule has 32 heavy (non-hydrogen) atoms. The fourth-order valence-corrected chi connectivity index (χ4v) is 5.64. The van der Waals surface area contributed by atoms with Crippen LogP contribution in [0.2, 0.25) is 0 Å². The number of rotatable bonds is 8. The highest BCUT2D eigenvalue weighted by molar-refractivity contribution is 7.90. The van der Waals surface area contributed by atoms with E-state index in [0.29, 0.717) is 44.0 Å². The van der Waals surface area contributed by atoms with E-state index in [1.807, 2.05) is 45.9 Å². The number of ether oxygens (including phenoxy) is 1. The largest absolute Gasteiger partial charge is 0.494 e. The summed E-state index contributed by atoms with van der Waals surface area (Å²) in [6.45, 7) is 9.16. The molecule has 0 bridgehead atoms. The third-order valence-corrected chi connectivity index (χ3v) is 7.87. The maximum Gasteiger partial charge on any atom is 0.304 e. The zero-order valence-electron chi connectivity index (χ0n) is 19.3.